The highest BCUT2D eigenvalue weighted by Gasteiger charge is 2.20. The number of carbonyl (C=O) groups is 1. The number of hydrogen-bond donors (Lipinski definition) is 1. The Morgan fingerprint density at radius 1 is 1.29 bits per heavy atom. The van der Waals surface area contributed by atoms with E-state index < -0.39 is 6.61 Å². The number of benzene rings is 1. The van der Waals surface area contributed by atoms with Crippen LogP contribution < -0.4 is 4.90 Å². The monoisotopic (exact) mass is 254 g/mol. The molecule has 1 aliphatic rings. The van der Waals surface area contributed by atoms with Crippen molar-refractivity contribution in [3.8, 4) is 0 Å². The fraction of sp³-hybridized carbons (Fsp3) is 0.417. The van der Waals surface area contributed by atoms with Gasteiger partial charge in [0.1, 0.15) is 6.61 Å². The van der Waals surface area contributed by atoms with E-state index in [0.29, 0.717) is 13.1 Å². The van der Waals surface area contributed by atoms with Crippen molar-refractivity contribution in [2.45, 2.75) is 0 Å². The molecule has 0 unspecified atom stereocenters. The smallest absolute Gasteiger partial charge is 0.248 e. The summed E-state index contributed by atoms with van der Waals surface area (Å²) in [5, 5.41) is 9.50. The Morgan fingerprint density at radius 3 is 2.59 bits per heavy atom. The summed E-state index contributed by atoms with van der Waals surface area (Å²) in [7, 11) is 0. The van der Waals surface area contributed by atoms with Crippen LogP contribution in [0, 0.1) is 0 Å². The van der Waals surface area contributed by atoms with E-state index in [-0.39, 0.29) is 5.91 Å². The lowest BCUT2D eigenvalue weighted by molar-refractivity contribution is -0.134. The zero-order valence-electron chi connectivity index (χ0n) is 9.47. The van der Waals surface area contributed by atoms with Crippen LogP contribution in [0.1, 0.15) is 0 Å². The summed E-state index contributed by atoms with van der Waals surface area (Å²) in [6.45, 7) is 2.42. The molecular formula is C12H15ClN2O2. The number of hydrogen-bond acceptors (Lipinski definition) is 3. The second-order valence-electron chi connectivity index (χ2n) is 4.01. The fourth-order valence-corrected chi connectivity index (χ4v) is 2.17. The molecule has 0 saturated carbocycles. The highest BCUT2D eigenvalue weighted by atomic mass is 35.5. The maximum Gasteiger partial charge on any atom is 0.248 e. The van der Waals surface area contributed by atoms with E-state index >= 15 is 0 Å². The molecule has 1 saturated heterocycles. The minimum Gasteiger partial charge on any atom is -0.387 e. The number of anilines is 1. The highest BCUT2D eigenvalue weighted by Crippen LogP contribution is 2.20. The van der Waals surface area contributed by atoms with E-state index in [2.05, 4.69) is 4.90 Å². The molecule has 1 fully saturated rings. The molecule has 0 aliphatic carbocycles. The quantitative estimate of drug-likeness (QED) is 0.856. The molecule has 2 rings (SSSR count). The van der Waals surface area contributed by atoms with Gasteiger partial charge >= 0.3 is 0 Å². The first-order valence-corrected chi connectivity index (χ1v) is 5.97. The molecule has 5 heteroatoms. The van der Waals surface area contributed by atoms with Crippen LogP contribution in [0.5, 0.6) is 0 Å². The highest BCUT2D eigenvalue weighted by molar-refractivity contribution is 6.30. The lowest BCUT2D eigenvalue weighted by Gasteiger charge is -2.35. The van der Waals surface area contributed by atoms with E-state index in [1.165, 1.54) is 0 Å². The largest absolute Gasteiger partial charge is 0.387 e. The van der Waals surface area contributed by atoms with Crippen LogP contribution in [0.4, 0.5) is 5.69 Å². The van der Waals surface area contributed by atoms with Gasteiger partial charge in [-0.3, -0.25) is 4.79 Å². The third kappa shape index (κ3) is 2.90. The molecule has 17 heavy (non-hydrogen) atoms. The van der Waals surface area contributed by atoms with Crippen molar-refractivity contribution >= 4 is 23.2 Å². The van der Waals surface area contributed by atoms with E-state index in [4.69, 9.17) is 16.7 Å². The number of aliphatic hydroxyl groups is 1. The van der Waals surface area contributed by atoms with Crippen LogP contribution in [0.25, 0.3) is 0 Å². The van der Waals surface area contributed by atoms with Crippen LogP contribution >= 0.6 is 11.6 Å². The van der Waals surface area contributed by atoms with Gasteiger partial charge in [0.25, 0.3) is 0 Å². The standard InChI is InChI=1S/C12H15ClN2O2/c13-10-2-1-3-11(8-10)14-4-6-15(7-5-14)12(17)9-16/h1-3,8,16H,4-7,9H2. The molecule has 0 spiro atoms. The Hall–Kier alpha value is -1.26. The van der Waals surface area contributed by atoms with Crippen molar-refractivity contribution in [2.24, 2.45) is 0 Å². The lowest BCUT2D eigenvalue weighted by atomic mass is 10.2. The van der Waals surface area contributed by atoms with Gasteiger partial charge < -0.3 is 14.9 Å². The first-order chi connectivity index (χ1) is 8.20. The van der Waals surface area contributed by atoms with Crippen molar-refractivity contribution < 1.29 is 9.90 Å². The average molecular weight is 255 g/mol. The Labute approximate surface area is 105 Å². The van der Waals surface area contributed by atoms with Gasteiger partial charge in [-0.1, -0.05) is 17.7 Å². The summed E-state index contributed by atoms with van der Waals surface area (Å²) < 4.78 is 0. The lowest BCUT2D eigenvalue weighted by Crippen LogP contribution is -2.49. The topological polar surface area (TPSA) is 43.8 Å². The van der Waals surface area contributed by atoms with Gasteiger partial charge in [0.15, 0.2) is 0 Å². The second kappa shape index (κ2) is 5.38. The Bertz CT molecular complexity index is 403. The predicted molar refractivity (Wildman–Crippen MR) is 67.3 cm³/mol. The maximum atomic E-state index is 11.3. The van der Waals surface area contributed by atoms with Crippen molar-refractivity contribution in [2.75, 3.05) is 37.7 Å². The number of carbonyl (C=O) groups excluding carboxylic acids is 1. The number of piperazine rings is 1. The van der Waals surface area contributed by atoms with Gasteiger partial charge in [0.2, 0.25) is 5.91 Å². The normalized spacial score (nSPS) is 16.1. The molecule has 92 valence electrons. The third-order valence-electron chi connectivity index (χ3n) is 2.94. The van der Waals surface area contributed by atoms with Crippen molar-refractivity contribution in [1.29, 1.82) is 0 Å². The second-order valence-corrected chi connectivity index (χ2v) is 4.44. The average Bonchev–Trinajstić information content (AvgIpc) is 2.38. The summed E-state index contributed by atoms with van der Waals surface area (Å²) in [5.74, 6) is -0.198. The number of halogens is 1. The number of nitrogens with zero attached hydrogens (tertiary/aromatic N) is 2. The molecule has 1 amide bonds. The van der Waals surface area contributed by atoms with Crippen LogP contribution in [-0.2, 0) is 4.79 Å². The Morgan fingerprint density at radius 2 is 2.00 bits per heavy atom. The molecular weight excluding hydrogens is 240 g/mol. The molecule has 0 atom stereocenters. The number of aliphatic hydroxyl groups excluding tert-OH is 1. The Balaban J connectivity index is 1.97. The van der Waals surface area contributed by atoms with Crippen molar-refractivity contribution in [3.63, 3.8) is 0 Å². The van der Waals surface area contributed by atoms with Crippen LogP contribution in [0.15, 0.2) is 24.3 Å². The zero-order valence-corrected chi connectivity index (χ0v) is 10.2. The summed E-state index contributed by atoms with van der Waals surface area (Å²) in [5.41, 5.74) is 1.08. The Kier molecular flexibility index (Phi) is 3.86. The van der Waals surface area contributed by atoms with E-state index in [1.54, 1.807) is 4.90 Å². The summed E-state index contributed by atoms with van der Waals surface area (Å²) in [4.78, 5) is 15.2. The van der Waals surface area contributed by atoms with E-state index in [1.807, 2.05) is 24.3 Å². The van der Waals surface area contributed by atoms with Gasteiger partial charge in [0, 0.05) is 36.9 Å². The van der Waals surface area contributed by atoms with Gasteiger partial charge in [0.05, 0.1) is 0 Å². The van der Waals surface area contributed by atoms with E-state index in [9.17, 15) is 4.79 Å². The molecule has 1 heterocycles. The molecule has 0 aromatic heterocycles. The van der Waals surface area contributed by atoms with Crippen LogP contribution in [0.3, 0.4) is 0 Å². The van der Waals surface area contributed by atoms with Crippen molar-refractivity contribution in [1.82, 2.24) is 4.90 Å². The predicted octanol–water partition coefficient (Wildman–Crippen LogP) is 0.981. The summed E-state index contributed by atoms with van der Waals surface area (Å²) >= 11 is 5.94. The van der Waals surface area contributed by atoms with Gasteiger partial charge in [-0.15, -0.1) is 0 Å². The molecule has 1 aromatic carbocycles. The third-order valence-corrected chi connectivity index (χ3v) is 3.18. The molecule has 4 nitrogen and oxygen atoms in total. The van der Waals surface area contributed by atoms with E-state index in [0.717, 1.165) is 23.8 Å². The maximum absolute atomic E-state index is 11.3. The molecule has 1 N–H and O–H groups in total. The van der Waals surface area contributed by atoms with Crippen LogP contribution in [-0.4, -0.2) is 48.7 Å². The minimum atomic E-state index is -0.406. The summed E-state index contributed by atoms with van der Waals surface area (Å²) in [6.07, 6.45) is 0. The van der Waals surface area contributed by atoms with Crippen LogP contribution in [0.2, 0.25) is 5.02 Å². The SMILES string of the molecule is O=C(CO)N1CCN(c2cccc(Cl)c2)CC1. The zero-order chi connectivity index (χ0) is 12.3. The first kappa shape index (κ1) is 12.2. The van der Waals surface area contributed by atoms with Gasteiger partial charge in [-0.25, -0.2) is 0 Å². The summed E-state index contributed by atoms with van der Waals surface area (Å²) in [6, 6.07) is 7.69. The first-order valence-electron chi connectivity index (χ1n) is 5.60. The number of amides is 1. The molecule has 1 aliphatic heterocycles. The molecule has 0 radical (unpaired) electrons. The molecule has 0 bridgehead atoms. The molecule has 1 aromatic rings. The minimum absolute atomic E-state index is 0.198. The van der Waals surface area contributed by atoms with Crippen molar-refractivity contribution in [3.05, 3.63) is 29.3 Å². The van der Waals surface area contributed by atoms with Gasteiger partial charge in [-0.05, 0) is 18.2 Å². The number of rotatable bonds is 2. The fourth-order valence-electron chi connectivity index (χ4n) is 1.99. The van der Waals surface area contributed by atoms with Gasteiger partial charge in [-0.2, -0.15) is 0 Å².